The number of nitrogens with one attached hydrogen (secondary N) is 1. The van der Waals surface area contributed by atoms with Crippen LogP contribution in [0.1, 0.15) is 32.1 Å². The first-order chi connectivity index (χ1) is 11.1. The lowest BCUT2D eigenvalue weighted by molar-refractivity contribution is 0.167. The lowest BCUT2D eigenvalue weighted by Crippen LogP contribution is -2.45. The summed E-state index contributed by atoms with van der Waals surface area (Å²) in [6.07, 6.45) is 5.55. The largest absolute Gasteiger partial charge is 0.486 e. The molecule has 1 heterocycles. The van der Waals surface area contributed by atoms with Gasteiger partial charge in [0.05, 0.1) is 0 Å². The number of fused-ring (bicyclic) bond motifs is 1. The van der Waals surface area contributed by atoms with E-state index in [0.717, 1.165) is 25.7 Å². The smallest absolute Gasteiger partial charge is 0.244 e. The van der Waals surface area contributed by atoms with Crippen LogP contribution in [0.15, 0.2) is 23.1 Å². The summed E-state index contributed by atoms with van der Waals surface area (Å²) >= 11 is 0. The Balaban J connectivity index is 1.83. The Kier molecular flexibility index (Phi) is 5.08. The van der Waals surface area contributed by atoms with Crippen molar-refractivity contribution >= 4 is 10.0 Å². The molecule has 1 atom stereocenters. The van der Waals surface area contributed by atoms with Gasteiger partial charge in [-0.25, -0.2) is 13.1 Å². The highest BCUT2D eigenvalue weighted by atomic mass is 32.2. The lowest BCUT2D eigenvalue weighted by atomic mass is 9.84. The third-order valence-corrected chi connectivity index (χ3v) is 6.11. The Morgan fingerprint density at radius 2 is 1.91 bits per heavy atom. The fraction of sp³-hybridized carbons (Fsp3) is 0.625. The molecule has 1 aliphatic carbocycles. The third kappa shape index (κ3) is 3.62. The average molecular weight is 340 g/mol. The van der Waals surface area contributed by atoms with Crippen molar-refractivity contribution in [2.24, 2.45) is 11.7 Å². The molecule has 0 amide bonds. The van der Waals surface area contributed by atoms with E-state index in [0.29, 0.717) is 37.2 Å². The van der Waals surface area contributed by atoms with E-state index in [-0.39, 0.29) is 10.9 Å². The van der Waals surface area contributed by atoms with E-state index in [1.54, 1.807) is 18.2 Å². The zero-order valence-corrected chi connectivity index (χ0v) is 14.0. The van der Waals surface area contributed by atoms with Crippen molar-refractivity contribution in [3.05, 3.63) is 18.2 Å². The van der Waals surface area contributed by atoms with Crippen molar-refractivity contribution in [3.63, 3.8) is 0 Å². The van der Waals surface area contributed by atoms with Gasteiger partial charge < -0.3 is 15.2 Å². The number of benzene rings is 1. The second kappa shape index (κ2) is 7.07. The fourth-order valence-electron chi connectivity index (χ4n) is 3.39. The van der Waals surface area contributed by atoms with Crippen molar-refractivity contribution in [3.8, 4) is 11.5 Å². The van der Waals surface area contributed by atoms with Gasteiger partial charge in [0.1, 0.15) is 18.1 Å². The Hall–Kier alpha value is -1.31. The third-order valence-electron chi connectivity index (χ3n) is 4.60. The monoisotopic (exact) mass is 340 g/mol. The molecule has 1 unspecified atom stereocenters. The number of sulfonamides is 1. The van der Waals surface area contributed by atoms with Crippen molar-refractivity contribution in [1.29, 1.82) is 0 Å². The van der Waals surface area contributed by atoms with E-state index in [2.05, 4.69) is 4.72 Å². The number of para-hydroxylation sites is 1. The Labute approximate surface area is 137 Å². The minimum absolute atomic E-state index is 0.129. The van der Waals surface area contributed by atoms with Crippen LogP contribution in [0.4, 0.5) is 0 Å². The Morgan fingerprint density at radius 1 is 1.17 bits per heavy atom. The summed E-state index contributed by atoms with van der Waals surface area (Å²) in [7, 11) is -3.70. The summed E-state index contributed by atoms with van der Waals surface area (Å²) in [5.41, 5.74) is 5.84. The van der Waals surface area contributed by atoms with Crippen molar-refractivity contribution in [1.82, 2.24) is 4.72 Å². The van der Waals surface area contributed by atoms with E-state index in [4.69, 9.17) is 15.2 Å². The highest BCUT2D eigenvalue weighted by Crippen LogP contribution is 2.36. The number of rotatable bonds is 5. The van der Waals surface area contributed by atoms with Gasteiger partial charge in [-0.05, 0) is 30.9 Å². The molecule has 1 aliphatic heterocycles. The van der Waals surface area contributed by atoms with Crippen molar-refractivity contribution < 1.29 is 17.9 Å². The number of hydrogen-bond donors (Lipinski definition) is 2. The van der Waals surface area contributed by atoms with Crippen LogP contribution in [0.2, 0.25) is 0 Å². The summed E-state index contributed by atoms with van der Waals surface area (Å²) in [5.74, 6) is 1.08. The van der Waals surface area contributed by atoms with Crippen LogP contribution >= 0.6 is 0 Å². The molecule has 0 bridgehead atoms. The van der Waals surface area contributed by atoms with Crippen LogP contribution in [-0.4, -0.2) is 34.2 Å². The Morgan fingerprint density at radius 3 is 2.65 bits per heavy atom. The van der Waals surface area contributed by atoms with Crippen LogP contribution in [0.25, 0.3) is 0 Å². The first-order valence-electron chi connectivity index (χ1n) is 8.23. The minimum Gasteiger partial charge on any atom is -0.486 e. The zero-order valence-electron chi connectivity index (χ0n) is 13.2. The molecule has 1 aromatic rings. The first kappa shape index (κ1) is 16.5. The Bertz CT molecular complexity index is 641. The van der Waals surface area contributed by atoms with Gasteiger partial charge >= 0.3 is 0 Å². The van der Waals surface area contributed by atoms with Gasteiger partial charge in [0.15, 0.2) is 11.5 Å². The molecule has 1 aromatic carbocycles. The fourth-order valence-corrected chi connectivity index (χ4v) is 4.87. The molecule has 1 saturated carbocycles. The molecule has 3 rings (SSSR count). The van der Waals surface area contributed by atoms with Gasteiger partial charge in [-0.2, -0.15) is 0 Å². The summed E-state index contributed by atoms with van der Waals surface area (Å²) < 4.78 is 39.4. The number of hydrogen-bond acceptors (Lipinski definition) is 5. The van der Waals surface area contributed by atoms with E-state index in [1.807, 2.05) is 0 Å². The summed E-state index contributed by atoms with van der Waals surface area (Å²) in [4.78, 5) is 0.129. The van der Waals surface area contributed by atoms with Gasteiger partial charge in [0, 0.05) is 12.6 Å². The predicted octanol–water partition coefficient (Wildman–Crippen LogP) is 1.64. The zero-order chi connectivity index (χ0) is 16.3. The lowest BCUT2D eigenvalue weighted by Gasteiger charge is -2.30. The highest BCUT2D eigenvalue weighted by molar-refractivity contribution is 7.89. The van der Waals surface area contributed by atoms with Crippen LogP contribution in [0, 0.1) is 5.92 Å². The molecule has 3 N–H and O–H groups in total. The number of ether oxygens (including phenoxy) is 2. The number of nitrogens with two attached hydrogens (primary N) is 1. The van der Waals surface area contributed by atoms with Crippen LogP contribution < -0.4 is 19.9 Å². The average Bonchev–Trinajstić information content (AvgIpc) is 2.60. The second-order valence-corrected chi connectivity index (χ2v) is 7.82. The topological polar surface area (TPSA) is 90.7 Å². The molecule has 6 nitrogen and oxygen atoms in total. The van der Waals surface area contributed by atoms with Gasteiger partial charge in [-0.15, -0.1) is 0 Å². The molecular weight excluding hydrogens is 316 g/mol. The van der Waals surface area contributed by atoms with Crippen LogP contribution in [0.5, 0.6) is 11.5 Å². The van der Waals surface area contributed by atoms with Gasteiger partial charge in [-0.1, -0.05) is 25.3 Å². The molecule has 0 radical (unpaired) electrons. The normalized spacial score (nSPS) is 20.2. The molecule has 1 fully saturated rings. The maximum Gasteiger partial charge on any atom is 0.244 e. The molecule has 23 heavy (non-hydrogen) atoms. The van der Waals surface area contributed by atoms with Gasteiger partial charge in [-0.3, -0.25) is 0 Å². The van der Waals surface area contributed by atoms with E-state index in [1.165, 1.54) is 6.42 Å². The molecule has 0 saturated heterocycles. The molecule has 2 aliphatic rings. The van der Waals surface area contributed by atoms with Crippen LogP contribution in [0.3, 0.4) is 0 Å². The second-order valence-electron chi connectivity index (χ2n) is 6.14. The highest BCUT2D eigenvalue weighted by Gasteiger charge is 2.30. The van der Waals surface area contributed by atoms with Gasteiger partial charge in [0.25, 0.3) is 0 Å². The molecule has 128 valence electrons. The van der Waals surface area contributed by atoms with Gasteiger partial charge in [0.2, 0.25) is 10.0 Å². The maximum absolute atomic E-state index is 12.8. The SMILES string of the molecule is NCC(NS(=O)(=O)c1cccc2c1OCCO2)C1CCCCC1. The van der Waals surface area contributed by atoms with E-state index < -0.39 is 10.0 Å². The van der Waals surface area contributed by atoms with Crippen LogP contribution in [-0.2, 0) is 10.0 Å². The molecular formula is C16H24N2O4S. The predicted molar refractivity (Wildman–Crippen MR) is 87.2 cm³/mol. The molecule has 0 aromatic heterocycles. The van der Waals surface area contributed by atoms with Crippen molar-refractivity contribution in [2.45, 2.75) is 43.0 Å². The standard InChI is InChI=1S/C16H24N2O4S/c17-11-13(12-5-2-1-3-6-12)18-23(19,20)15-8-4-7-14-16(15)22-10-9-21-14/h4,7-8,12-13,18H,1-3,5-6,9-11,17H2. The van der Waals surface area contributed by atoms with E-state index in [9.17, 15) is 8.42 Å². The summed E-state index contributed by atoms with van der Waals surface area (Å²) in [6.45, 7) is 1.08. The first-order valence-corrected chi connectivity index (χ1v) is 9.71. The van der Waals surface area contributed by atoms with Crippen molar-refractivity contribution in [2.75, 3.05) is 19.8 Å². The minimum atomic E-state index is -3.70. The maximum atomic E-state index is 12.8. The quantitative estimate of drug-likeness (QED) is 0.850. The van der Waals surface area contributed by atoms with E-state index >= 15 is 0 Å². The molecule has 0 spiro atoms. The summed E-state index contributed by atoms with van der Waals surface area (Å²) in [6, 6.07) is 4.69. The summed E-state index contributed by atoms with van der Waals surface area (Å²) in [5, 5.41) is 0. The molecule has 7 heteroatoms.